The van der Waals surface area contributed by atoms with Gasteiger partial charge in [0.05, 0.1) is 0 Å². The molecule has 1 aromatic carbocycles. The molecule has 0 saturated heterocycles. The van der Waals surface area contributed by atoms with E-state index in [0.717, 1.165) is 47.7 Å². The van der Waals surface area contributed by atoms with E-state index in [0.29, 0.717) is 6.79 Å². The Bertz CT molecular complexity index is 586. The predicted molar refractivity (Wildman–Crippen MR) is 74.9 cm³/mol. The molecular formula is C14H17N3O2. The van der Waals surface area contributed by atoms with Gasteiger partial charge in [0.15, 0.2) is 11.5 Å². The second kappa shape index (κ2) is 5.32. The number of likely N-dealkylation sites (N-methyl/N-ethyl adjacent to an activating group) is 1. The van der Waals surface area contributed by atoms with Crippen molar-refractivity contribution in [2.45, 2.75) is 6.92 Å². The molecule has 3 rings (SSSR count). The van der Waals surface area contributed by atoms with E-state index >= 15 is 0 Å². The maximum atomic E-state index is 5.41. The Hall–Kier alpha value is -2.01. The molecule has 2 heterocycles. The third kappa shape index (κ3) is 2.42. The fraction of sp³-hybridized carbons (Fsp3) is 0.357. The summed E-state index contributed by atoms with van der Waals surface area (Å²) in [6.45, 7) is 5.12. The number of hydrogen-bond donors (Lipinski definition) is 2. The molecule has 2 aromatic rings. The number of hydrogen-bond acceptors (Lipinski definition) is 5. The molecule has 0 saturated carbocycles. The highest BCUT2D eigenvalue weighted by atomic mass is 16.7. The van der Waals surface area contributed by atoms with Crippen molar-refractivity contribution < 1.29 is 9.47 Å². The van der Waals surface area contributed by atoms with Gasteiger partial charge in [-0.15, -0.1) is 0 Å². The number of ether oxygens (including phenoxy) is 2. The summed E-state index contributed by atoms with van der Waals surface area (Å²) in [6.07, 6.45) is 1.81. The number of anilines is 1. The lowest BCUT2D eigenvalue weighted by atomic mass is 10.1. The minimum atomic E-state index is 0.294. The molecule has 0 radical (unpaired) electrons. The number of pyridine rings is 1. The van der Waals surface area contributed by atoms with Gasteiger partial charge in [0.2, 0.25) is 6.79 Å². The molecule has 1 aliphatic rings. The topological polar surface area (TPSA) is 55.4 Å². The van der Waals surface area contributed by atoms with Crippen LogP contribution in [0.2, 0.25) is 0 Å². The summed E-state index contributed by atoms with van der Waals surface area (Å²) >= 11 is 0. The van der Waals surface area contributed by atoms with Gasteiger partial charge >= 0.3 is 0 Å². The van der Waals surface area contributed by atoms with E-state index in [1.807, 2.05) is 18.2 Å². The lowest BCUT2D eigenvalue weighted by Gasteiger charge is -2.09. The molecule has 0 atom stereocenters. The molecule has 2 N–H and O–H groups in total. The maximum absolute atomic E-state index is 5.41. The normalized spacial score (nSPS) is 12.9. The van der Waals surface area contributed by atoms with E-state index in [-0.39, 0.29) is 0 Å². The quantitative estimate of drug-likeness (QED) is 0.804. The lowest BCUT2D eigenvalue weighted by Crippen LogP contribution is -2.21. The van der Waals surface area contributed by atoms with E-state index in [2.05, 4.69) is 22.5 Å². The molecule has 100 valence electrons. The van der Waals surface area contributed by atoms with Crippen LogP contribution < -0.4 is 20.1 Å². The van der Waals surface area contributed by atoms with Crippen LogP contribution in [0.4, 0.5) is 5.82 Å². The number of benzene rings is 1. The zero-order valence-corrected chi connectivity index (χ0v) is 10.9. The number of nitrogens with one attached hydrogen (secondary N) is 2. The fourth-order valence-corrected chi connectivity index (χ4v) is 2.15. The molecule has 19 heavy (non-hydrogen) atoms. The first-order valence-corrected chi connectivity index (χ1v) is 6.51. The van der Waals surface area contributed by atoms with Crippen molar-refractivity contribution in [3.05, 3.63) is 24.4 Å². The van der Waals surface area contributed by atoms with Gasteiger partial charge < -0.3 is 20.1 Å². The third-order valence-electron chi connectivity index (χ3n) is 3.10. The van der Waals surface area contributed by atoms with Gasteiger partial charge in [-0.3, -0.25) is 0 Å². The standard InChI is InChI=1S/C14H17N3O2/c1-2-15-5-6-17-14-11-8-13-12(18-9-19-13)7-10(11)3-4-16-14/h3-4,7-8,15H,2,5-6,9H2,1H3,(H,16,17). The third-order valence-corrected chi connectivity index (χ3v) is 3.10. The van der Waals surface area contributed by atoms with E-state index < -0.39 is 0 Å². The van der Waals surface area contributed by atoms with Gasteiger partial charge in [-0.1, -0.05) is 6.92 Å². The van der Waals surface area contributed by atoms with Crippen LogP contribution in [0.1, 0.15) is 6.92 Å². The number of nitrogens with zero attached hydrogens (tertiary/aromatic N) is 1. The Balaban J connectivity index is 1.87. The zero-order valence-electron chi connectivity index (χ0n) is 10.9. The number of aromatic nitrogens is 1. The molecule has 0 amide bonds. The summed E-state index contributed by atoms with van der Waals surface area (Å²) in [7, 11) is 0. The Labute approximate surface area is 111 Å². The summed E-state index contributed by atoms with van der Waals surface area (Å²) in [5, 5.41) is 8.78. The van der Waals surface area contributed by atoms with Crippen molar-refractivity contribution in [3.63, 3.8) is 0 Å². The highest BCUT2D eigenvalue weighted by Crippen LogP contribution is 2.37. The summed E-state index contributed by atoms with van der Waals surface area (Å²) in [6, 6.07) is 5.96. The van der Waals surface area contributed by atoms with Crippen molar-refractivity contribution in [2.75, 3.05) is 31.7 Å². The molecule has 0 bridgehead atoms. The van der Waals surface area contributed by atoms with Crippen LogP contribution in [0.5, 0.6) is 11.5 Å². The average Bonchev–Trinajstić information content (AvgIpc) is 2.88. The van der Waals surface area contributed by atoms with Crippen molar-refractivity contribution in [1.82, 2.24) is 10.3 Å². The van der Waals surface area contributed by atoms with E-state index in [4.69, 9.17) is 9.47 Å². The monoisotopic (exact) mass is 259 g/mol. The Morgan fingerprint density at radius 3 is 2.89 bits per heavy atom. The first-order valence-electron chi connectivity index (χ1n) is 6.51. The number of fused-ring (bicyclic) bond motifs is 2. The molecule has 0 fully saturated rings. The minimum absolute atomic E-state index is 0.294. The summed E-state index contributed by atoms with van der Waals surface area (Å²) in [4.78, 5) is 4.39. The van der Waals surface area contributed by atoms with Crippen LogP contribution >= 0.6 is 0 Å². The Morgan fingerprint density at radius 1 is 1.21 bits per heavy atom. The SMILES string of the molecule is CCNCCNc1nccc2cc3c(cc12)OCO3. The van der Waals surface area contributed by atoms with E-state index in [9.17, 15) is 0 Å². The van der Waals surface area contributed by atoms with Crippen molar-refractivity contribution >= 4 is 16.6 Å². The first-order chi connectivity index (χ1) is 9.38. The lowest BCUT2D eigenvalue weighted by molar-refractivity contribution is 0.174. The smallest absolute Gasteiger partial charge is 0.231 e. The molecule has 1 aliphatic heterocycles. The van der Waals surface area contributed by atoms with Gasteiger partial charge in [-0.05, 0) is 30.1 Å². The van der Waals surface area contributed by atoms with Crippen LogP contribution in [0.25, 0.3) is 10.8 Å². The van der Waals surface area contributed by atoms with Gasteiger partial charge in [0.1, 0.15) is 5.82 Å². The highest BCUT2D eigenvalue weighted by Gasteiger charge is 2.15. The van der Waals surface area contributed by atoms with Crippen LogP contribution in [-0.4, -0.2) is 31.4 Å². The summed E-state index contributed by atoms with van der Waals surface area (Å²) in [5.41, 5.74) is 0. The van der Waals surface area contributed by atoms with Gasteiger partial charge in [0, 0.05) is 24.7 Å². The number of rotatable bonds is 5. The molecule has 5 nitrogen and oxygen atoms in total. The zero-order chi connectivity index (χ0) is 13.1. The average molecular weight is 259 g/mol. The van der Waals surface area contributed by atoms with Crippen LogP contribution in [0, 0.1) is 0 Å². The molecule has 5 heteroatoms. The van der Waals surface area contributed by atoms with Crippen LogP contribution in [0.3, 0.4) is 0 Å². The molecule has 0 unspecified atom stereocenters. The molecule has 1 aromatic heterocycles. The van der Waals surface area contributed by atoms with E-state index in [1.54, 1.807) is 6.20 Å². The summed E-state index contributed by atoms with van der Waals surface area (Å²) in [5.74, 6) is 2.47. The first kappa shape index (κ1) is 12.0. The van der Waals surface area contributed by atoms with Gasteiger partial charge in [0.25, 0.3) is 0 Å². The largest absolute Gasteiger partial charge is 0.454 e. The van der Waals surface area contributed by atoms with Crippen LogP contribution in [0.15, 0.2) is 24.4 Å². The van der Waals surface area contributed by atoms with Crippen molar-refractivity contribution in [3.8, 4) is 11.5 Å². The molecule has 0 spiro atoms. The molecular weight excluding hydrogens is 242 g/mol. The van der Waals surface area contributed by atoms with Crippen molar-refractivity contribution in [1.29, 1.82) is 0 Å². The van der Waals surface area contributed by atoms with Crippen LogP contribution in [-0.2, 0) is 0 Å². The van der Waals surface area contributed by atoms with Crippen molar-refractivity contribution in [2.24, 2.45) is 0 Å². The minimum Gasteiger partial charge on any atom is -0.454 e. The molecule has 0 aliphatic carbocycles. The van der Waals surface area contributed by atoms with E-state index in [1.165, 1.54) is 0 Å². The highest BCUT2D eigenvalue weighted by molar-refractivity contribution is 5.94. The second-order valence-corrected chi connectivity index (χ2v) is 4.37. The fourth-order valence-electron chi connectivity index (χ4n) is 2.15. The van der Waals surface area contributed by atoms with Gasteiger partial charge in [-0.2, -0.15) is 0 Å². The van der Waals surface area contributed by atoms with Gasteiger partial charge in [-0.25, -0.2) is 4.98 Å². The predicted octanol–water partition coefficient (Wildman–Crippen LogP) is 1.98. The Morgan fingerprint density at radius 2 is 2.05 bits per heavy atom. The summed E-state index contributed by atoms with van der Waals surface area (Å²) < 4.78 is 10.8. The second-order valence-electron chi connectivity index (χ2n) is 4.37. The maximum Gasteiger partial charge on any atom is 0.231 e. The Kier molecular flexibility index (Phi) is 3.37.